The lowest BCUT2D eigenvalue weighted by molar-refractivity contribution is 0.424. The molecule has 0 bridgehead atoms. The van der Waals surface area contributed by atoms with Gasteiger partial charge in [-0.05, 0) is 18.6 Å². The molecule has 2 N–H and O–H groups in total. The molecule has 10 heavy (non-hydrogen) atoms. The maximum Gasteiger partial charge on any atom is 0.508 e. The molecule has 3 nitrogen and oxygen atoms in total. The third-order valence-electron chi connectivity index (χ3n) is 1.20. The maximum atomic E-state index is 8.61. The number of nitrogens with zero attached hydrogens (tertiary/aromatic N) is 1. The highest BCUT2D eigenvalue weighted by Gasteiger charge is 2.10. The first-order chi connectivity index (χ1) is 4.70. The summed E-state index contributed by atoms with van der Waals surface area (Å²) >= 11 is 0. The average Bonchev–Trinajstić information content (AvgIpc) is 1.88. The van der Waals surface area contributed by atoms with E-state index in [0.717, 1.165) is 5.56 Å². The highest BCUT2D eigenvalue weighted by Crippen LogP contribution is 1.88. The van der Waals surface area contributed by atoms with Gasteiger partial charge < -0.3 is 10.0 Å². The molecule has 0 saturated carbocycles. The van der Waals surface area contributed by atoms with Crippen LogP contribution in [-0.2, 0) is 0 Å². The molecular weight excluding hydrogens is 129 g/mol. The Morgan fingerprint density at radius 2 is 2.10 bits per heavy atom. The van der Waals surface area contributed by atoms with Gasteiger partial charge in [0.25, 0.3) is 0 Å². The van der Waals surface area contributed by atoms with Crippen LogP contribution < -0.4 is 5.59 Å². The Morgan fingerprint density at radius 1 is 1.40 bits per heavy atom. The van der Waals surface area contributed by atoms with Crippen molar-refractivity contribution >= 4 is 12.7 Å². The number of hydrogen-bond donors (Lipinski definition) is 2. The molecule has 0 atom stereocenters. The van der Waals surface area contributed by atoms with Gasteiger partial charge in [0.15, 0.2) is 0 Å². The standard InChI is InChI=1S/C6H8BNO2/c1-5-2-3-6(7(9)10)8-4-5/h2-4,9-10H,1H3. The largest absolute Gasteiger partial charge is 0.508 e. The van der Waals surface area contributed by atoms with Gasteiger partial charge in [0.05, 0.1) is 5.59 Å². The van der Waals surface area contributed by atoms with Gasteiger partial charge in [0.2, 0.25) is 0 Å². The van der Waals surface area contributed by atoms with E-state index in [2.05, 4.69) is 4.98 Å². The molecule has 1 aromatic heterocycles. The summed E-state index contributed by atoms with van der Waals surface area (Å²) in [4.78, 5) is 3.78. The van der Waals surface area contributed by atoms with Crippen molar-refractivity contribution in [3.8, 4) is 0 Å². The fourth-order valence-corrected chi connectivity index (χ4v) is 0.632. The van der Waals surface area contributed by atoms with Crippen LogP contribution in [0.1, 0.15) is 5.56 Å². The van der Waals surface area contributed by atoms with Crippen molar-refractivity contribution in [3.05, 3.63) is 23.9 Å². The van der Waals surface area contributed by atoms with Gasteiger partial charge in [0, 0.05) is 6.20 Å². The molecule has 0 fully saturated rings. The highest BCUT2D eigenvalue weighted by molar-refractivity contribution is 6.57. The molecule has 0 aliphatic rings. The van der Waals surface area contributed by atoms with Crippen molar-refractivity contribution in [2.24, 2.45) is 0 Å². The third-order valence-corrected chi connectivity index (χ3v) is 1.20. The second kappa shape index (κ2) is 2.81. The summed E-state index contributed by atoms with van der Waals surface area (Å²) in [5, 5.41) is 17.2. The molecule has 0 spiro atoms. The molecule has 1 aromatic rings. The highest BCUT2D eigenvalue weighted by atomic mass is 16.4. The summed E-state index contributed by atoms with van der Waals surface area (Å²) in [6.07, 6.45) is 1.59. The summed E-state index contributed by atoms with van der Waals surface area (Å²) in [7, 11) is -1.46. The predicted octanol–water partition coefficient (Wildman–Crippen LogP) is -0.930. The quantitative estimate of drug-likeness (QED) is 0.491. The Hall–Kier alpha value is -0.865. The van der Waals surface area contributed by atoms with E-state index in [1.807, 2.05) is 6.92 Å². The molecule has 0 aromatic carbocycles. The number of hydrogen-bond acceptors (Lipinski definition) is 3. The maximum absolute atomic E-state index is 8.61. The van der Waals surface area contributed by atoms with Crippen LogP contribution in [0.4, 0.5) is 0 Å². The zero-order chi connectivity index (χ0) is 7.56. The summed E-state index contributed by atoms with van der Waals surface area (Å²) in [6.45, 7) is 1.89. The van der Waals surface area contributed by atoms with E-state index in [0.29, 0.717) is 0 Å². The van der Waals surface area contributed by atoms with E-state index in [4.69, 9.17) is 10.0 Å². The van der Waals surface area contributed by atoms with Gasteiger partial charge in [-0.15, -0.1) is 0 Å². The molecule has 0 amide bonds. The van der Waals surface area contributed by atoms with Crippen LogP contribution in [-0.4, -0.2) is 22.2 Å². The molecule has 1 rings (SSSR count). The number of rotatable bonds is 1. The van der Waals surface area contributed by atoms with Crippen LogP contribution in [0.15, 0.2) is 18.3 Å². The van der Waals surface area contributed by atoms with Gasteiger partial charge in [-0.25, -0.2) is 0 Å². The van der Waals surface area contributed by atoms with E-state index in [1.165, 1.54) is 0 Å². The first-order valence-corrected chi connectivity index (χ1v) is 2.99. The Labute approximate surface area is 59.5 Å². The van der Waals surface area contributed by atoms with Crippen molar-refractivity contribution in [2.45, 2.75) is 6.92 Å². The SMILES string of the molecule is Cc1ccc(B(O)O)nc1. The fourth-order valence-electron chi connectivity index (χ4n) is 0.632. The molecule has 0 saturated heterocycles. The Bertz CT molecular complexity index is 209. The van der Waals surface area contributed by atoms with Gasteiger partial charge in [-0.1, -0.05) is 6.07 Å². The predicted molar refractivity (Wildman–Crippen MR) is 38.8 cm³/mol. The molecule has 0 aliphatic heterocycles. The van der Waals surface area contributed by atoms with Gasteiger partial charge in [-0.2, -0.15) is 0 Å². The fraction of sp³-hybridized carbons (Fsp3) is 0.167. The van der Waals surface area contributed by atoms with E-state index in [1.54, 1.807) is 18.3 Å². The molecule has 0 radical (unpaired) electrons. The monoisotopic (exact) mass is 137 g/mol. The second-order valence-corrected chi connectivity index (χ2v) is 2.13. The van der Waals surface area contributed by atoms with Crippen LogP contribution in [0.5, 0.6) is 0 Å². The summed E-state index contributed by atoms with van der Waals surface area (Å²) < 4.78 is 0. The topological polar surface area (TPSA) is 53.4 Å². The second-order valence-electron chi connectivity index (χ2n) is 2.13. The molecular formula is C6H8BNO2. The minimum atomic E-state index is -1.46. The zero-order valence-corrected chi connectivity index (χ0v) is 5.65. The summed E-state index contributed by atoms with van der Waals surface area (Å²) in [5.41, 5.74) is 1.29. The Balaban J connectivity index is 2.89. The average molecular weight is 137 g/mol. The summed E-state index contributed by atoms with van der Waals surface area (Å²) in [6, 6.07) is 3.36. The smallest absolute Gasteiger partial charge is 0.422 e. The van der Waals surface area contributed by atoms with E-state index < -0.39 is 7.12 Å². The third kappa shape index (κ3) is 1.56. The zero-order valence-electron chi connectivity index (χ0n) is 5.65. The van der Waals surface area contributed by atoms with Crippen molar-refractivity contribution < 1.29 is 10.0 Å². The van der Waals surface area contributed by atoms with Crippen LogP contribution in [0.3, 0.4) is 0 Å². The van der Waals surface area contributed by atoms with Crippen molar-refractivity contribution in [3.63, 3.8) is 0 Å². The first kappa shape index (κ1) is 7.24. The number of aryl methyl sites for hydroxylation is 1. The lowest BCUT2D eigenvalue weighted by Gasteiger charge is -1.96. The van der Waals surface area contributed by atoms with Gasteiger partial charge in [-0.3, -0.25) is 4.98 Å². The normalized spacial score (nSPS) is 9.50. The van der Waals surface area contributed by atoms with Crippen LogP contribution in [0, 0.1) is 6.92 Å². The molecule has 52 valence electrons. The summed E-state index contributed by atoms with van der Waals surface area (Å²) in [5.74, 6) is 0. The van der Waals surface area contributed by atoms with E-state index in [9.17, 15) is 0 Å². The van der Waals surface area contributed by atoms with Crippen LogP contribution in [0.25, 0.3) is 0 Å². The number of pyridine rings is 1. The lowest BCUT2D eigenvalue weighted by Crippen LogP contribution is -2.32. The van der Waals surface area contributed by atoms with Gasteiger partial charge in [0.1, 0.15) is 0 Å². The van der Waals surface area contributed by atoms with Crippen LogP contribution >= 0.6 is 0 Å². The van der Waals surface area contributed by atoms with Crippen LogP contribution in [0.2, 0.25) is 0 Å². The minimum Gasteiger partial charge on any atom is -0.422 e. The lowest BCUT2D eigenvalue weighted by atomic mass is 9.85. The molecule has 1 heterocycles. The molecule has 4 heteroatoms. The van der Waals surface area contributed by atoms with E-state index >= 15 is 0 Å². The van der Waals surface area contributed by atoms with Crippen molar-refractivity contribution in [1.82, 2.24) is 4.98 Å². The Kier molecular flexibility index (Phi) is 2.04. The van der Waals surface area contributed by atoms with E-state index in [-0.39, 0.29) is 5.59 Å². The Morgan fingerprint density at radius 3 is 2.50 bits per heavy atom. The van der Waals surface area contributed by atoms with Crippen molar-refractivity contribution in [2.75, 3.05) is 0 Å². The van der Waals surface area contributed by atoms with Crippen molar-refractivity contribution in [1.29, 1.82) is 0 Å². The number of aromatic nitrogens is 1. The van der Waals surface area contributed by atoms with Gasteiger partial charge >= 0.3 is 7.12 Å². The first-order valence-electron chi connectivity index (χ1n) is 2.99. The molecule has 0 unspecified atom stereocenters. The minimum absolute atomic E-state index is 0.283. The molecule has 0 aliphatic carbocycles.